The zero-order valence-corrected chi connectivity index (χ0v) is 8.95. The van der Waals surface area contributed by atoms with Crippen molar-refractivity contribution in [3.8, 4) is 0 Å². The normalized spacial score (nSPS) is 17.3. The van der Waals surface area contributed by atoms with Gasteiger partial charge in [-0.2, -0.15) is 0 Å². The van der Waals surface area contributed by atoms with Crippen LogP contribution in [0.25, 0.3) is 0 Å². The molecule has 0 amide bonds. The summed E-state index contributed by atoms with van der Waals surface area (Å²) in [5, 5.41) is 0. The van der Waals surface area contributed by atoms with Crippen molar-refractivity contribution in [2.24, 2.45) is 5.73 Å². The lowest BCUT2D eigenvalue weighted by Crippen LogP contribution is -2.35. The highest BCUT2D eigenvalue weighted by Crippen LogP contribution is 2.12. The quantitative estimate of drug-likeness (QED) is 0.707. The zero-order valence-electron chi connectivity index (χ0n) is 8.13. The fourth-order valence-electron chi connectivity index (χ4n) is 0.915. The smallest absolute Gasteiger partial charge is 0.147 e. The number of sulfone groups is 1. The van der Waals surface area contributed by atoms with E-state index in [4.69, 9.17) is 5.73 Å². The Morgan fingerprint density at radius 3 is 2.25 bits per heavy atom. The lowest BCUT2D eigenvalue weighted by atomic mass is 9.95. The van der Waals surface area contributed by atoms with Gasteiger partial charge >= 0.3 is 0 Å². The van der Waals surface area contributed by atoms with Crippen LogP contribution in [0.3, 0.4) is 0 Å². The van der Waals surface area contributed by atoms with Gasteiger partial charge in [0.25, 0.3) is 0 Å². The molecule has 0 aliphatic carbocycles. The fraction of sp³-hybridized carbons (Fsp3) is 1.00. The molecule has 0 saturated heterocycles. The van der Waals surface area contributed by atoms with Gasteiger partial charge in [-0.25, -0.2) is 8.42 Å². The Kier molecular flexibility index (Phi) is 4.20. The molecule has 0 aliphatic heterocycles. The second kappa shape index (κ2) is 4.23. The first kappa shape index (κ1) is 11.9. The first-order valence-electron chi connectivity index (χ1n) is 4.23. The molecule has 0 rings (SSSR count). The van der Waals surface area contributed by atoms with Gasteiger partial charge in [0.1, 0.15) is 9.84 Å². The third-order valence-corrected chi connectivity index (χ3v) is 3.10. The van der Waals surface area contributed by atoms with Crippen molar-refractivity contribution in [2.75, 3.05) is 12.0 Å². The topological polar surface area (TPSA) is 60.2 Å². The van der Waals surface area contributed by atoms with Crippen molar-refractivity contribution in [2.45, 2.75) is 38.6 Å². The maximum atomic E-state index is 10.8. The van der Waals surface area contributed by atoms with Crippen LogP contribution in [-0.2, 0) is 9.84 Å². The Bertz CT molecular complexity index is 219. The molecule has 0 aromatic rings. The second-order valence-corrected chi connectivity index (χ2v) is 6.00. The molecule has 0 aromatic carbocycles. The number of hydrogen-bond donors (Lipinski definition) is 1. The van der Waals surface area contributed by atoms with E-state index in [1.165, 1.54) is 6.26 Å². The molecule has 0 spiro atoms. The minimum Gasteiger partial charge on any atom is -0.325 e. The van der Waals surface area contributed by atoms with Crippen LogP contribution in [0, 0.1) is 0 Å². The molecule has 1 unspecified atom stereocenters. The van der Waals surface area contributed by atoms with Gasteiger partial charge in [0.05, 0.1) is 0 Å². The van der Waals surface area contributed by atoms with E-state index in [1.54, 1.807) is 0 Å². The summed E-state index contributed by atoms with van der Waals surface area (Å²) in [5.74, 6) is 0.250. The SMILES string of the molecule is CCC(C)(N)CCCS(C)(=O)=O. The fourth-order valence-corrected chi connectivity index (χ4v) is 1.58. The predicted octanol–water partition coefficient (Wildman–Crippen LogP) is 0.939. The lowest BCUT2D eigenvalue weighted by molar-refractivity contribution is 0.413. The minimum atomic E-state index is -2.81. The van der Waals surface area contributed by atoms with E-state index in [2.05, 4.69) is 0 Å². The van der Waals surface area contributed by atoms with Crippen LogP contribution in [0.4, 0.5) is 0 Å². The van der Waals surface area contributed by atoms with Crippen molar-refractivity contribution in [3.05, 3.63) is 0 Å². The zero-order chi connectivity index (χ0) is 9.83. The molecule has 0 fully saturated rings. The molecular formula is C8H19NO2S. The van der Waals surface area contributed by atoms with Crippen LogP contribution in [-0.4, -0.2) is 26.0 Å². The summed E-state index contributed by atoms with van der Waals surface area (Å²) in [6, 6.07) is 0. The third-order valence-electron chi connectivity index (χ3n) is 2.07. The summed E-state index contributed by atoms with van der Waals surface area (Å²) >= 11 is 0. The second-order valence-electron chi connectivity index (χ2n) is 3.74. The summed E-state index contributed by atoms with van der Waals surface area (Å²) in [7, 11) is -2.81. The maximum Gasteiger partial charge on any atom is 0.147 e. The molecule has 0 bridgehead atoms. The number of nitrogens with two attached hydrogens (primary N) is 1. The van der Waals surface area contributed by atoms with E-state index in [0.717, 1.165) is 12.8 Å². The van der Waals surface area contributed by atoms with Gasteiger partial charge in [0, 0.05) is 17.5 Å². The van der Waals surface area contributed by atoms with E-state index in [9.17, 15) is 8.42 Å². The molecule has 0 saturated carbocycles. The van der Waals surface area contributed by atoms with Gasteiger partial charge in [-0.3, -0.25) is 0 Å². The largest absolute Gasteiger partial charge is 0.325 e. The summed E-state index contributed by atoms with van der Waals surface area (Å²) in [6.07, 6.45) is 3.58. The van der Waals surface area contributed by atoms with Crippen LogP contribution in [0.5, 0.6) is 0 Å². The Balaban J connectivity index is 3.72. The molecule has 3 nitrogen and oxygen atoms in total. The molecule has 0 heterocycles. The molecule has 1 atom stereocenters. The Morgan fingerprint density at radius 2 is 1.92 bits per heavy atom. The molecule has 4 heteroatoms. The first-order chi connectivity index (χ1) is 5.27. The molecule has 0 radical (unpaired) electrons. The van der Waals surface area contributed by atoms with E-state index < -0.39 is 9.84 Å². The number of hydrogen-bond acceptors (Lipinski definition) is 3. The van der Waals surface area contributed by atoms with Crippen molar-refractivity contribution in [1.82, 2.24) is 0 Å². The monoisotopic (exact) mass is 193 g/mol. The van der Waals surface area contributed by atoms with E-state index in [-0.39, 0.29) is 11.3 Å². The van der Waals surface area contributed by atoms with E-state index in [1.807, 2.05) is 13.8 Å². The maximum absolute atomic E-state index is 10.8. The minimum absolute atomic E-state index is 0.204. The van der Waals surface area contributed by atoms with Crippen LogP contribution in [0.2, 0.25) is 0 Å². The van der Waals surface area contributed by atoms with Gasteiger partial charge in [-0.15, -0.1) is 0 Å². The van der Waals surface area contributed by atoms with E-state index in [0.29, 0.717) is 6.42 Å². The predicted molar refractivity (Wildman–Crippen MR) is 51.8 cm³/mol. The summed E-state index contributed by atoms with van der Waals surface area (Å²) in [5.41, 5.74) is 5.65. The van der Waals surface area contributed by atoms with Gasteiger partial charge in [0.15, 0.2) is 0 Å². The van der Waals surface area contributed by atoms with Crippen molar-refractivity contribution < 1.29 is 8.42 Å². The average molecular weight is 193 g/mol. The molecule has 0 aliphatic rings. The average Bonchev–Trinajstić information content (AvgIpc) is 1.84. The van der Waals surface area contributed by atoms with Crippen LogP contribution >= 0.6 is 0 Å². The summed E-state index contributed by atoms with van der Waals surface area (Å²) in [6.45, 7) is 3.97. The lowest BCUT2D eigenvalue weighted by Gasteiger charge is -2.21. The highest BCUT2D eigenvalue weighted by molar-refractivity contribution is 7.90. The summed E-state index contributed by atoms with van der Waals surface area (Å²) in [4.78, 5) is 0. The van der Waals surface area contributed by atoms with Crippen molar-refractivity contribution in [3.63, 3.8) is 0 Å². The molecule has 2 N–H and O–H groups in total. The van der Waals surface area contributed by atoms with Gasteiger partial charge in [0.2, 0.25) is 0 Å². The van der Waals surface area contributed by atoms with Crippen molar-refractivity contribution >= 4 is 9.84 Å². The summed E-state index contributed by atoms with van der Waals surface area (Å²) < 4.78 is 21.5. The van der Waals surface area contributed by atoms with Crippen molar-refractivity contribution in [1.29, 1.82) is 0 Å². The highest BCUT2D eigenvalue weighted by atomic mass is 32.2. The molecule has 74 valence electrons. The Hall–Kier alpha value is -0.0900. The van der Waals surface area contributed by atoms with Crippen LogP contribution in [0.15, 0.2) is 0 Å². The highest BCUT2D eigenvalue weighted by Gasteiger charge is 2.15. The molecule has 12 heavy (non-hydrogen) atoms. The Labute approximate surface area is 75.3 Å². The standard InChI is InChI=1S/C8H19NO2S/c1-4-8(2,9)6-5-7-12(3,10)11/h4-7,9H2,1-3H3. The van der Waals surface area contributed by atoms with Crippen LogP contribution in [0.1, 0.15) is 33.1 Å². The first-order valence-corrected chi connectivity index (χ1v) is 6.29. The Morgan fingerprint density at radius 1 is 1.42 bits per heavy atom. The van der Waals surface area contributed by atoms with Gasteiger partial charge in [-0.1, -0.05) is 6.92 Å². The van der Waals surface area contributed by atoms with Gasteiger partial charge in [-0.05, 0) is 26.2 Å². The molecule has 0 aromatic heterocycles. The number of rotatable bonds is 5. The third kappa shape index (κ3) is 6.61. The molecular weight excluding hydrogens is 174 g/mol. The van der Waals surface area contributed by atoms with E-state index >= 15 is 0 Å². The van der Waals surface area contributed by atoms with Crippen LogP contribution < -0.4 is 5.73 Å². The van der Waals surface area contributed by atoms with Gasteiger partial charge < -0.3 is 5.73 Å².